The molecule has 146 valence electrons. The first-order valence-corrected chi connectivity index (χ1v) is 9.70. The van der Waals surface area contributed by atoms with Gasteiger partial charge in [0.05, 0.1) is 23.1 Å². The van der Waals surface area contributed by atoms with Gasteiger partial charge in [0, 0.05) is 6.04 Å². The van der Waals surface area contributed by atoms with Gasteiger partial charge in [-0.2, -0.15) is 0 Å². The van der Waals surface area contributed by atoms with Crippen LogP contribution < -0.4 is 10.6 Å². The molecule has 3 aliphatic rings. The molecule has 1 saturated heterocycles. The zero-order chi connectivity index (χ0) is 19.8. The molecule has 7 nitrogen and oxygen atoms in total. The van der Waals surface area contributed by atoms with Crippen LogP contribution in [0, 0.1) is 11.8 Å². The molecule has 4 rings (SSSR count). The number of para-hydroxylation sites is 1. The number of likely N-dealkylation sites (tertiary alicyclic amines) is 1. The number of benzene rings is 1. The normalized spacial score (nSPS) is 24.7. The summed E-state index contributed by atoms with van der Waals surface area (Å²) in [5.74, 6) is -2.05. The quantitative estimate of drug-likeness (QED) is 0.601. The molecule has 0 spiro atoms. The monoisotopic (exact) mass is 381 g/mol. The Labute approximate surface area is 163 Å². The van der Waals surface area contributed by atoms with E-state index in [9.17, 15) is 19.2 Å². The second kappa shape index (κ2) is 7.22. The summed E-state index contributed by atoms with van der Waals surface area (Å²) in [5, 5.41) is 5.62. The average molecular weight is 381 g/mol. The van der Waals surface area contributed by atoms with E-state index in [1.54, 1.807) is 31.2 Å². The highest BCUT2D eigenvalue weighted by Crippen LogP contribution is 2.36. The zero-order valence-electron chi connectivity index (χ0n) is 15.7. The van der Waals surface area contributed by atoms with Crippen LogP contribution in [-0.4, -0.2) is 40.6 Å². The Balaban J connectivity index is 1.49. The van der Waals surface area contributed by atoms with E-state index in [0.29, 0.717) is 24.1 Å². The van der Waals surface area contributed by atoms with Crippen molar-refractivity contribution < 1.29 is 19.2 Å². The molecule has 2 fully saturated rings. The fourth-order valence-corrected chi connectivity index (χ4v) is 3.84. The third-order valence-corrected chi connectivity index (χ3v) is 5.65. The molecular weight excluding hydrogens is 358 g/mol. The molecule has 1 heterocycles. The number of nitrogens with one attached hydrogen (secondary N) is 2. The Bertz CT molecular complexity index is 848. The third kappa shape index (κ3) is 3.32. The third-order valence-electron chi connectivity index (χ3n) is 5.65. The summed E-state index contributed by atoms with van der Waals surface area (Å²) in [7, 11) is 0. The Kier molecular flexibility index (Phi) is 4.75. The number of allylic oxidation sites excluding steroid dienone is 2. The number of carbonyl (C=O) groups is 4. The van der Waals surface area contributed by atoms with Gasteiger partial charge in [0.25, 0.3) is 5.91 Å². The Morgan fingerprint density at radius 1 is 1.04 bits per heavy atom. The van der Waals surface area contributed by atoms with Crippen LogP contribution in [0.2, 0.25) is 0 Å². The number of carbonyl (C=O) groups excluding carboxylic acids is 4. The molecule has 0 bridgehead atoms. The number of anilines is 1. The summed E-state index contributed by atoms with van der Waals surface area (Å²) in [6, 6.07) is 6.00. The standard InChI is InChI=1S/C21H23N3O4/c1-12(24-20(27)14-6-2-3-7-15(14)21(24)28)18(25)23-17-9-5-4-8-16(17)19(26)22-13-10-11-13/h2-5,8-9,12-15H,6-7,10-11H2,1H3,(H,22,26)(H,23,25)/t12-,14-,15+/m1/s1. The van der Waals surface area contributed by atoms with E-state index in [1.165, 1.54) is 0 Å². The van der Waals surface area contributed by atoms with Crippen LogP contribution in [0.5, 0.6) is 0 Å². The molecule has 2 N–H and O–H groups in total. The van der Waals surface area contributed by atoms with Crippen molar-refractivity contribution in [1.82, 2.24) is 10.2 Å². The van der Waals surface area contributed by atoms with Crippen LogP contribution in [0.15, 0.2) is 36.4 Å². The first kappa shape index (κ1) is 18.4. The van der Waals surface area contributed by atoms with Crippen molar-refractivity contribution in [1.29, 1.82) is 0 Å². The highest BCUT2D eigenvalue weighted by atomic mass is 16.2. The first-order chi connectivity index (χ1) is 13.5. The van der Waals surface area contributed by atoms with E-state index in [1.807, 2.05) is 12.2 Å². The molecule has 1 aromatic carbocycles. The van der Waals surface area contributed by atoms with Crippen LogP contribution in [0.3, 0.4) is 0 Å². The minimum atomic E-state index is -0.940. The fourth-order valence-electron chi connectivity index (χ4n) is 3.84. The first-order valence-electron chi connectivity index (χ1n) is 9.70. The molecular formula is C21H23N3O4. The molecule has 1 aromatic rings. The van der Waals surface area contributed by atoms with Crippen LogP contribution in [-0.2, 0) is 14.4 Å². The molecule has 1 aliphatic heterocycles. The van der Waals surface area contributed by atoms with Gasteiger partial charge in [-0.1, -0.05) is 24.3 Å². The molecule has 0 radical (unpaired) electrons. The van der Waals surface area contributed by atoms with Gasteiger partial charge in [-0.15, -0.1) is 0 Å². The maximum Gasteiger partial charge on any atom is 0.253 e. The van der Waals surface area contributed by atoms with Gasteiger partial charge >= 0.3 is 0 Å². The van der Waals surface area contributed by atoms with Gasteiger partial charge in [-0.3, -0.25) is 24.1 Å². The number of rotatable bonds is 5. The lowest BCUT2D eigenvalue weighted by Crippen LogP contribution is -2.46. The van der Waals surface area contributed by atoms with Crippen molar-refractivity contribution in [3.8, 4) is 0 Å². The molecule has 2 aliphatic carbocycles. The molecule has 28 heavy (non-hydrogen) atoms. The topological polar surface area (TPSA) is 95.6 Å². The lowest BCUT2D eigenvalue weighted by molar-refractivity contribution is -0.146. The molecule has 0 aromatic heterocycles. The van der Waals surface area contributed by atoms with Crippen LogP contribution in [0.1, 0.15) is 43.0 Å². The summed E-state index contributed by atoms with van der Waals surface area (Å²) in [4.78, 5) is 51.7. The number of imide groups is 1. The number of hydrogen-bond acceptors (Lipinski definition) is 4. The number of nitrogens with zero attached hydrogens (tertiary/aromatic N) is 1. The van der Waals surface area contributed by atoms with Gasteiger partial charge in [-0.25, -0.2) is 0 Å². The predicted molar refractivity (Wildman–Crippen MR) is 102 cm³/mol. The molecule has 1 saturated carbocycles. The van der Waals surface area contributed by atoms with Crippen LogP contribution >= 0.6 is 0 Å². The highest BCUT2D eigenvalue weighted by molar-refractivity contribution is 6.11. The van der Waals surface area contributed by atoms with Crippen molar-refractivity contribution in [3.05, 3.63) is 42.0 Å². The molecule has 3 atom stereocenters. The lowest BCUT2D eigenvalue weighted by Gasteiger charge is -2.23. The van der Waals surface area contributed by atoms with Crippen molar-refractivity contribution >= 4 is 29.3 Å². The summed E-state index contributed by atoms with van der Waals surface area (Å²) >= 11 is 0. The summed E-state index contributed by atoms with van der Waals surface area (Å²) in [6.07, 6.45) is 6.82. The van der Waals surface area contributed by atoms with E-state index in [2.05, 4.69) is 10.6 Å². The van der Waals surface area contributed by atoms with E-state index in [0.717, 1.165) is 17.7 Å². The smallest absolute Gasteiger partial charge is 0.253 e. The number of amides is 4. The Morgan fingerprint density at radius 2 is 1.64 bits per heavy atom. The predicted octanol–water partition coefficient (Wildman–Crippen LogP) is 1.86. The van der Waals surface area contributed by atoms with Crippen LogP contribution in [0.25, 0.3) is 0 Å². The van der Waals surface area contributed by atoms with Crippen molar-refractivity contribution in [2.75, 3.05) is 5.32 Å². The van der Waals surface area contributed by atoms with Gasteiger partial charge < -0.3 is 10.6 Å². The summed E-state index contributed by atoms with van der Waals surface area (Å²) in [5.41, 5.74) is 0.738. The van der Waals surface area contributed by atoms with Crippen molar-refractivity contribution in [2.24, 2.45) is 11.8 Å². The fraction of sp³-hybridized carbons (Fsp3) is 0.429. The minimum absolute atomic E-state index is 0.201. The van der Waals surface area contributed by atoms with Crippen LogP contribution in [0.4, 0.5) is 5.69 Å². The van der Waals surface area contributed by atoms with E-state index >= 15 is 0 Å². The van der Waals surface area contributed by atoms with Gasteiger partial charge in [0.15, 0.2) is 0 Å². The largest absolute Gasteiger partial charge is 0.349 e. The lowest BCUT2D eigenvalue weighted by atomic mass is 9.85. The second-order valence-electron chi connectivity index (χ2n) is 7.66. The van der Waals surface area contributed by atoms with Gasteiger partial charge in [0.1, 0.15) is 6.04 Å². The number of hydrogen-bond donors (Lipinski definition) is 2. The average Bonchev–Trinajstić information content (AvgIpc) is 3.47. The maximum absolute atomic E-state index is 12.8. The molecule has 4 amide bonds. The molecule has 7 heteroatoms. The Hall–Kier alpha value is -2.96. The Morgan fingerprint density at radius 3 is 2.25 bits per heavy atom. The maximum atomic E-state index is 12.8. The van der Waals surface area contributed by atoms with E-state index < -0.39 is 11.9 Å². The van der Waals surface area contributed by atoms with Gasteiger partial charge in [-0.05, 0) is 44.7 Å². The molecule has 0 unspecified atom stereocenters. The van der Waals surface area contributed by atoms with Crippen molar-refractivity contribution in [3.63, 3.8) is 0 Å². The summed E-state index contributed by atoms with van der Waals surface area (Å²) < 4.78 is 0. The van der Waals surface area contributed by atoms with E-state index in [4.69, 9.17) is 0 Å². The number of fused-ring (bicyclic) bond motifs is 1. The summed E-state index contributed by atoms with van der Waals surface area (Å²) in [6.45, 7) is 1.54. The minimum Gasteiger partial charge on any atom is -0.349 e. The highest BCUT2D eigenvalue weighted by Gasteiger charge is 2.50. The SMILES string of the molecule is C[C@H](C(=O)Nc1ccccc1C(=O)NC1CC1)N1C(=O)[C@H]2CC=CC[C@H]2C1=O. The zero-order valence-corrected chi connectivity index (χ0v) is 15.7. The van der Waals surface area contributed by atoms with E-state index in [-0.39, 0.29) is 35.6 Å². The van der Waals surface area contributed by atoms with Crippen molar-refractivity contribution in [2.45, 2.75) is 44.7 Å². The second-order valence-corrected chi connectivity index (χ2v) is 7.66. The van der Waals surface area contributed by atoms with Gasteiger partial charge in [0.2, 0.25) is 17.7 Å².